The van der Waals surface area contributed by atoms with Gasteiger partial charge in [0.2, 0.25) is 23.6 Å². The highest BCUT2D eigenvalue weighted by Crippen LogP contribution is 2.43. The molecular formula is C39H41Cl2N7O6. The number of benzene rings is 2. The van der Waals surface area contributed by atoms with E-state index in [1.54, 1.807) is 37.4 Å². The van der Waals surface area contributed by atoms with Crippen LogP contribution in [-0.4, -0.2) is 60.0 Å². The number of nitrogens with zero attached hydrogens (tertiary/aromatic N) is 1. The number of nitrogens with one attached hydrogen (secondary N) is 6. The van der Waals surface area contributed by atoms with Crippen molar-refractivity contribution in [2.24, 2.45) is 0 Å². The maximum atomic E-state index is 13.5. The van der Waals surface area contributed by atoms with Crippen LogP contribution in [-0.2, 0) is 29.1 Å². The highest BCUT2D eigenvalue weighted by atomic mass is 35.5. The monoisotopic (exact) mass is 773 g/mol. The Hall–Kier alpha value is -4.95. The van der Waals surface area contributed by atoms with E-state index < -0.39 is 11.5 Å². The summed E-state index contributed by atoms with van der Waals surface area (Å²) >= 11 is 13.6. The van der Waals surface area contributed by atoms with E-state index >= 15 is 0 Å². The van der Waals surface area contributed by atoms with Crippen LogP contribution in [0.3, 0.4) is 0 Å². The molecular weight excluding hydrogens is 733 g/mol. The number of carbonyl (C=O) groups is 3. The van der Waals surface area contributed by atoms with E-state index in [4.69, 9.17) is 32.7 Å². The Balaban J connectivity index is 1.02. The van der Waals surface area contributed by atoms with Crippen LogP contribution in [0.4, 0.5) is 5.69 Å². The van der Waals surface area contributed by atoms with Crippen molar-refractivity contribution in [2.45, 2.75) is 69.8 Å². The van der Waals surface area contributed by atoms with Crippen LogP contribution in [0.2, 0.25) is 10.0 Å². The number of anilines is 1. The van der Waals surface area contributed by atoms with Gasteiger partial charge in [-0.1, -0.05) is 53.5 Å². The van der Waals surface area contributed by atoms with Gasteiger partial charge in [-0.2, -0.15) is 4.98 Å². The predicted octanol–water partition coefficient (Wildman–Crippen LogP) is 4.81. The molecule has 0 unspecified atom stereocenters. The number of halogens is 2. The Kier molecular flexibility index (Phi) is 11.5. The summed E-state index contributed by atoms with van der Waals surface area (Å²) in [5, 5.41) is 15.8. The Bertz CT molecular complexity index is 2140. The maximum absolute atomic E-state index is 13.5. The fraction of sp³-hybridized carbons (Fsp3) is 0.359. The molecule has 2 fully saturated rings. The predicted molar refractivity (Wildman–Crippen MR) is 205 cm³/mol. The van der Waals surface area contributed by atoms with Crippen LogP contribution < -0.4 is 41.6 Å². The number of amides is 3. The average molecular weight is 775 g/mol. The number of rotatable bonds is 14. The Morgan fingerprint density at radius 1 is 0.852 bits per heavy atom. The lowest BCUT2D eigenvalue weighted by Gasteiger charge is -2.18. The minimum Gasteiger partial charge on any atom is -0.481 e. The van der Waals surface area contributed by atoms with E-state index in [-0.39, 0.29) is 52.2 Å². The van der Waals surface area contributed by atoms with Crippen LogP contribution in [0, 0.1) is 0 Å². The van der Waals surface area contributed by atoms with Gasteiger partial charge in [0.25, 0.3) is 11.5 Å². The zero-order chi connectivity index (χ0) is 37.8. The summed E-state index contributed by atoms with van der Waals surface area (Å²) in [4.78, 5) is 56.7. The fourth-order valence-corrected chi connectivity index (χ4v) is 7.78. The zero-order valence-corrected chi connectivity index (χ0v) is 31.2. The molecule has 2 saturated heterocycles. The molecule has 2 aromatic carbocycles. The number of aromatic amines is 1. The first kappa shape index (κ1) is 37.4. The van der Waals surface area contributed by atoms with Crippen LogP contribution in [0.5, 0.6) is 11.8 Å². The first-order valence-corrected chi connectivity index (χ1v) is 18.8. The number of H-pyrrole nitrogens is 1. The minimum absolute atomic E-state index is 0.0505. The number of aromatic nitrogens is 2. The third-order valence-electron chi connectivity index (χ3n) is 9.98. The molecule has 15 heteroatoms. The molecule has 3 aliphatic rings. The highest BCUT2D eigenvalue weighted by Gasteiger charge is 2.29. The molecule has 13 nitrogen and oxygen atoms in total. The molecule has 54 heavy (non-hydrogen) atoms. The summed E-state index contributed by atoms with van der Waals surface area (Å²) in [6, 6.07) is 16.4. The van der Waals surface area contributed by atoms with E-state index in [2.05, 4.69) is 36.6 Å². The van der Waals surface area contributed by atoms with Crippen molar-refractivity contribution in [1.82, 2.24) is 31.2 Å². The second-order valence-corrected chi connectivity index (χ2v) is 14.5. The number of carbonyl (C=O) groups excluding carboxylic acids is 3. The van der Waals surface area contributed by atoms with E-state index in [1.165, 1.54) is 0 Å². The van der Waals surface area contributed by atoms with E-state index in [0.29, 0.717) is 74.0 Å². The van der Waals surface area contributed by atoms with Crippen molar-refractivity contribution in [3.8, 4) is 22.9 Å². The van der Waals surface area contributed by atoms with Gasteiger partial charge in [-0.3, -0.25) is 19.2 Å². The van der Waals surface area contributed by atoms with Crippen molar-refractivity contribution in [3.63, 3.8) is 0 Å². The van der Waals surface area contributed by atoms with Crippen molar-refractivity contribution in [1.29, 1.82) is 0 Å². The van der Waals surface area contributed by atoms with Gasteiger partial charge in [-0.15, -0.1) is 0 Å². The van der Waals surface area contributed by atoms with Crippen molar-refractivity contribution < 1.29 is 23.9 Å². The summed E-state index contributed by atoms with van der Waals surface area (Å²) < 4.78 is 12.0. The maximum Gasteiger partial charge on any atom is 0.271 e. The summed E-state index contributed by atoms with van der Waals surface area (Å²) in [5.74, 6) is 0.269. The Morgan fingerprint density at radius 3 is 2.24 bits per heavy atom. The van der Waals surface area contributed by atoms with Crippen molar-refractivity contribution in [2.75, 3.05) is 25.5 Å². The smallest absolute Gasteiger partial charge is 0.271 e. The third-order valence-corrected chi connectivity index (χ3v) is 10.7. The van der Waals surface area contributed by atoms with Crippen molar-refractivity contribution in [3.05, 3.63) is 103 Å². The highest BCUT2D eigenvalue weighted by molar-refractivity contribution is 6.37. The second-order valence-electron chi connectivity index (χ2n) is 13.7. The van der Waals surface area contributed by atoms with Crippen LogP contribution >= 0.6 is 23.2 Å². The lowest BCUT2D eigenvalue weighted by atomic mass is 9.95. The molecule has 2 aromatic heterocycles. The minimum atomic E-state index is -0.511. The topological polar surface area (TPSA) is 176 Å². The van der Waals surface area contributed by atoms with Gasteiger partial charge in [0.15, 0.2) is 0 Å². The summed E-state index contributed by atoms with van der Waals surface area (Å²) in [5.41, 5.74) is 4.88. The van der Waals surface area contributed by atoms with Gasteiger partial charge < -0.3 is 41.0 Å². The van der Waals surface area contributed by atoms with Crippen LogP contribution in [0.15, 0.2) is 59.4 Å². The van der Waals surface area contributed by atoms with E-state index in [1.807, 2.05) is 24.3 Å². The van der Waals surface area contributed by atoms with Crippen LogP contribution in [0.1, 0.15) is 71.0 Å². The van der Waals surface area contributed by atoms with E-state index in [0.717, 1.165) is 35.1 Å². The Labute approximate surface area is 321 Å². The molecule has 3 amide bonds. The molecule has 0 saturated carbocycles. The molecule has 0 spiro atoms. The van der Waals surface area contributed by atoms with Crippen molar-refractivity contribution >= 4 is 46.6 Å². The van der Waals surface area contributed by atoms with Gasteiger partial charge in [-0.05, 0) is 66.6 Å². The first-order valence-electron chi connectivity index (χ1n) is 18.0. The average Bonchev–Trinajstić information content (AvgIpc) is 3.90. The number of fused-ring (bicyclic) bond motifs is 1. The third kappa shape index (κ3) is 8.39. The SMILES string of the molecule is COc1nc(O[C@H]2CCc3c(-c4cccc(C(=O)Nc5ccc(CNC[C@@H]6CCC(=O)N6)[nH]c5=O)c4Cl)cccc32)c(Cl)cc1CNC[C@@H]1CCC(=O)N1. The van der Waals surface area contributed by atoms with Gasteiger partial charge >= 0.3 is 0 Å². The Morgan fingerprint density at radius 2 is 1.56 bits per heavy atom. The lowest BCUT2D eigenvalue weighted by Crippen LogP contribution is -2.35. The fourth-order valence-electron chi connectivity index (χ4n) is 7.25. The molecule has 7 rings (SSSR count). The molecule has 4 heterocycles. The summed E-state index contributed by atoms with van der Waals surface area (Å²) in [6.45, 7) is 2.09. The summed E-state index contributed by atoms with van der Waals surface area (Å²) in [7, 11) is 1.55. The molecule has 282 valence electrons. The van der Waals surface area contributed by atoms with E-state index in [9.17, 15) is 19.2 Å². The normalized spacial score (nSPS) is 19.0. The van der Waals surface area contributed by atoms with Crippen LogP contribution in [0.25, 0.3) is 11.1 Å². The largest absolute Gasteiger partial charge is 0.481 e. The molecule has 0 radical (unpaired) electrons. The first-order chi connectivity index (χ1) is 26.2. The quantitative estimate of drug-likeness (QED) is 0.105. The zero-order valence-electron chi connectivity index (χ0n) is 29.7. The van der Waals surface area contributed by atoms with Gasteiger partial charge in [0.05, 0.1) is 17.7 Å². The number of ether oxygens (including phenoxy) is 2. The standard InChI is InChI=1S/C39H41Cl2N7O6/c1-53-38-21(17-42-18-22-9-14-33(49)44-22)16-30(40)39(48-38)54-32-13-11-26-25(4-2-5-27(26)32)28-6-3-7-29(35(28)41)36(51)47-31-12-8-24(46-37(31)52)20-43-19-23-10-15-34(50)45-23/h2-8,12,16,22-23,32,42-43H,9-11,13-15,17-20H2,1H3,(H,44,49)(H,45,50)(H,46,52)(H,47,51)/t22-,23-,32-/m0/s1. The number of hydrogen-bond acceptors (Lipinski definition) is 9. The second kappa shape index (κ2) is 16.6. The van der Waals surface area contributed by atoms with Gasteiger partial charge in [-0.25, -0.2) is 0 Å². The number of methoxy groups -OCH3 is 1. The molecule has 3 atom stereocenters. The molecule has 2 aliphatic heterocycles. The molecule has 4 aromatic rings. The summed E-state index contributed by atoms with van der Waals surface area (Å²) in [6.07, 6.45) is 3.69. The number of hydrogen-bond donors (Lipinski definition) is 6. The molecule has 0 bridgehead atoms. The lowest BCUT2D eigenvalue weighted by molar-refractivity contribution is -0.120. The molecule has 6 N–H and O–H groups in total. The van der Waals surface area contributed by atoms with Gasteiger partial charge in [0, 0.05) is 67.9 Å². The van der Waals surface area contributed by atoms with Gasteiger partial charge in [0.1, 0.15) is 16.8 Å². The number of pyridine rings is 2. The molecule has 1 aliphatic carbocycles.